The smallest absolute Gasteiger partial charge is 0.269 e. The molecule has 0 aliphatic carbocycles. The highest BCUT2D eigenvalue weighted by Crippen LogP contribution is 2.35. The van der Waals surface area contributed by atoms with Crippen LogP contribution in [0.15, 0.2) is 69.8 Å². The van der Waals surface area contributed by atoms with Crippen molar-refractivity contribution in [2.24, 2.45) is 0 Å². The van der Waals surface area contributed by atoms with Gasteiger partial charge in [-0.25, -0.2) is 4.98 Å². The molecule has 0 fully saturated rings. The van der Waals surface area contributed by atoms with Crippen molar-refractivity contribution >= 4 is 50.3 Å². The number of thiophene rings is 2. The lowest BCUT2D eigenvalue weighted by atomic mass is 10.2. The van der Waals surface area contributed by atoms with E-state index in [2.05, 4.69) is 6.58 Å². The number of thioether (sulfide) groups is 1. The maximum absolute atomic E-state index is 13.2. The molecule has 0 saturated heterocycles. The molecule has 0 unspecified atom stereocenters. The second-order valence-electron chi connectivity index (χ2n) is 6.12. The normalized spacial score (nSPS) is 11.0. The van der Waals surface area contributed by atoms with Gasteiger partial charge in [0, 0.05) is 40.3 Å². The zero-order valence-corrected chi connectivity index (χ0v) is 17.6. The summed E-state index contributed by atoms with van der Waals surface area (Å²) >= 11 is 4.49. The molecule has 0 aliphatic rings. The van der Waals surface area contributed by atoms with Crippen LogP contribution in [0.5, 0.6) is 0 Å². The fraction of sp³-hybridized carbons (Fsp3) is 0.100. The van der Waals surface area contributed by atoms with E-state index >= 15 is 0 Å². The van der Waals surface area contributed by atoms with Crippen LogP contribution in [0.3, 0.4) is 0 Å². The van der Waals surface area contributed by atoms with Gasteiger partial charge in [-0.3, -0.25) is 19.5 Å². The number of aromatic nitrogens is 2. The zero-order valence-electron chi connectivity index (χ0n) is 15.1. The summed E-state index contributed by atoms with van der Waals surface area (Å²) in [6, 6.07) is 10.4. The lowest BCUT2D eigenvalue weighted by molar-refractivity contribution is -0.384. The number of hydrogen-bond acceptors (Lipinski definition) is 7. The van der Waals surface area contributed by atoms with E-state index < -0.39 is 4.92 Å². The summed E-state index contributed by atoms with van der Waals surface area (Å²) in [6.45, 7) is 4.13. The molecule has 0 spiro atoms. The van der Waals surface area contributed by atoms with E-state index in [1.807, 2.05) is 22.9 Å². The van der Waals surface area contributed by atoms with Crippen LogP contribution in [0.2, 0.25) is 0 Å². The molecule has 0 N–H and O–H groups in total. The third-order valence-corrected chi connectivity index (χ3v) is 7.10. The van der Waals surface area contributed by atoms with Crippen LogP contribution in [0, 0.1) is 10.1 Å². The number of fused-ring (bicyclic) bond motifs is 1. The molecule has 0 saturated carbocycles. The van der Waals surface area contributed by atoms with Crippen LogP contribution in [0.4, 0.5) is 5.69 Å². The maximum atomic E-state index is 13.2. The number of nitrogens with zero attached hydrogens (tertiary/aromatic N) is 3. The molecule has 1 aromatic carbocycles. The minimum Gasteiger partial charge on any atom is -0.283 e. The Bertz CT molecular complexity index is 1240. The van der Waals surface area contributed by atoms with E-state index in [1.54, 1.807) is 34.1 Å². The minimum absolute atomic E-state index is 0.0570. The second kappa shape index (κ2) is 8.32. The topological polar surface area (TPSA) is 78.0 Å². The average Bonchev–Trinajstić information content (AvgIpc) is 3.38. The van der Waals surface area contributed by atoms with Crippen molar-refractivity contribution in [3.8, 4) is 10.4 Å². The summed E-state index contributed by atoms with van der Waals surface area (Å²) in [6.07, 6.45) is 1.68. The van der Waals surface area contributed by atoms with Crippen molar-refractivity contribution in [1.82, 2.24) is 9.55 Å². The van der Waals surface area contributed by atoms with Crippen LogP contribution in [-0.2, 0) is 12.3 Å². The van der Waals surface area contributed by atoms with E-state index in [1.165, 1.54) is 35.2 Å². The van der Waals surface area contributed by atoms with Crippen LogP contribution < -0.4 is 5.56 Å². The highest BCUT2D eigenvalue weighted by molar-refractivity contribution is 7.98. The van der Waals surface area contributed by atoms with Gasteiger partial charge in [0.1, 0.15) is 4.83 Å². The van der Waals surface area contributed by atoms with Gasteiger partial charge in [-0.05, 0) is 17.0 Å². The quantitative estimate of drug-likeness (QED) is 0.123. The van der Waals surface area contributed by atoms with E-state index in [-0.39, 0.29) is 11.2 Å². The summed E-state index contributed by atoms with van der Waals surface area (Å²) < 4.78 is 1.63. The standard InChI is InChI=1S/C20H15N3O3S3/c1-2-9-22-19(24)17-15(16-4-3-10-27-16)12-28-18(17)21-20(22)29-11-13-5-7-14(8-6-13)23(25)26/h2-8,10,12H,1,9,11H2. The first-order chi connectivity index (χ1) is 14.1. The Morgan fingerprint density at radius 3 is 2.69 bits per heavy atom. The molecule has 146 valence electrons. The Kier molecular flexibility index (Phi) is 5.61. The Hall–Kier alpha value is -2.75. The lowest BCUT2D eigenvalue weighted by Crippen LogP contribution is -2.22. The fourth-order valence-corrected chi connectivity index (χ4v) is 5.65. The van der Waals surface area contributed by atoms with Gasteiger partial charge >= 0.3 is 0 Å². The van der Waals surface area contributed by atoms with Crippen molar-refractivity contribution in [1.29, 1.82) is 0 Å². The zero-order chi connectivity index (χ0) is 20.4. The molecule has 0 radical (unpaired) electrons. The first kappa shape index (κ1) is 19.6. The monoisotopic (exact) mass is 441 g/mol. The predicted molar refractivity (Wildman–Crippen MR) is 120 cm³/mol. The van der Waals surface area contributed by atoms with E-state index in [4.69, 9.17) is 4.98 Å². The molecular formula is C20H15N3O3S3. The molecule has 9 heteroatoms. The molecule has 0 bridgehead atoms. The van der Waals surface area contributed by atoms with E-state index in [0.29, 0.717) is 27.7 Å². The summed E-state index contributed by atoms with van der Waals surface area (Å²) in [5, 5.41) is 16.0. The number of benzene rings is 1. The Morgan fingerprint density at radius 2 is 2.03 bits per heavy atom. The van der Waals surface area contributed by atoms with Gasteiger partial charge in [-0.2, -0.15) is 0 Å². The highest BCUT2D eigenvalue weighted by atomic mass is 32.2. The Morgan fingerprint density at radius 1 is 1.24 bits per heavy atom. The predicted octanol–water partition coefficient (Wildman–Crippen LogP) is 5.57. The first-order valence-electron chi connectivity index (χ1n) is 8.61. The summed E-state index contributed by atoms with van der Waals surface area (Å²) in [5.41, 5.74) is 1.82. The number of nitro groups is 1. The van der Waals surface area contributed by atoms with Gasteiger partial charge in [0.05, 0.1) is 10.3 Å². The van der Waals surface area contributed by atoms with Crippen LogP contribution in [-0.4, -0.2) is 14.5 Å². The number of allylic oxidation sites excluding steroid dienone is 1. The fourth-order valence-electron chi connectivity index (χ4n) is 2.88. The average molecular weight is 442 g/mol. The van der Waals surface area contributed by atoms with Gasteiger partial charge < -0.3 is 0 Å². The molecule has 6 nitrogen and oxygen atoms in total. The van der Waals surface area contributed by atoms with Crippen molar-refractivity contribution in [2.45, 2.75) is 17.5 Å². The third-order valence-electron chi connectivity index (χ3n) is 4.27. The van der Waals surface area contributed by atoms with Gasteiger partial charge in [-0.1, -0.05) is 36.0 Å². The summed E-state index contributed by atoms with van der Waals surface area (Å²) in [5.74, 6) is 0.552. The van der Waals surface area contributed by atoms with E-state index in [9.17, 15) is 14.9 Å². The molecule has 0 atom stereocenters. The van der Waals surface area contributed by atoms with E-state index in [0.717, 1.165) is 16.0 Å². The van der Waals surface area contributed by atoms with Crippen molar-refractivity contribution in [3.05, 3.63) is 85.8 Å². The van der Waals surface area contributed by atoms with Crippen molar-refractivity contribution in [3.63, 3.8) is 0 Å². The number of non-ortho nitro benzene ring substituents is 1. The third kappa shape index (κ3) is 3.89. The van der Waals surface area contributed by atoms with Gasteiger partial charge in [0.2, 0.25) is 0 Å². The first-order valence-corrected chi connectivity index (χ1v) is 11.4. The highest BCUT2D eigenvalue weighted by Gasteiger charge is 2.17. The van der Waals surface area contributed by atoms with Gasteiger partial charge in [0.25, 0.3) is 11.2 Å². The molecule has 0 aliphatic heterocycles. The SMILES string of the molecule is C=CCn1c(SCc2ccc([N+](=O)[O-])cc2)nc2scc(-c3cccs3)c2c1=O. The molecule has 3 heterocycles. The molecule has 4 rings (SSSR count). The minimum atomic E-state index is -0.421. The molecule has 29 heavy (non-hydrogen) atoms. The van der Waals surface area contributed by atoms with Crippen molar-refractivity contribution in [2.75, 3.05) is 0 Å². The second-order valence-corrected chi connectivity index (χ2v) is 8.87. The summed E-state index contributed by atoms with van der Waals surface area (Å²) in [7, 11) is 0. The van der Waals surface area contributed by atoms with Gasteiger partial charge in [0.15, 0.2) is 5.16 Å². The largest absolute Gasteiger partial charge is 0.283 e. The van der Waals surface area contributed by atoms with Crippen LogP contribution in [0.1, 0.15) is 5.56 Å². The van der Waals surface area contributed by atoms with Crippen LogP contribution >= 0.6 is 34.4 Å². The maximum Gasteiger partial charge on any atom is 0.269 e. The van der Waals surface area contributed by atoms with Gasteiger partial charge in [-0.15, -0.1) is 29.3 Å². The number of hydrogen-bond donors (Lipinski definition) is 0. The van der Waals surface area contributed by atoms with Crippen molar-refractivity contribution < 1.29 is 4.92 Å². The number of rotatable bonds is 7. The van der Waals surface area contributed by atoms with Crippen LogP contribution in [0.25, 0.3) is 20.7 Å². The molecule has 3 aromatic heterocycles. The Labute approximate surface area is 178 Å². The molecular weight excluding hydrogens is 426 g/mol. The lowest BCUT2D eigenvalue weighted by Gasteiger charge is -2.10. The number of nitro benzene ring substituents is 1. The summed E-state index contributed by atoms with van der Waals surface area (Å²) in [4.78, 5) is 30.1. The molecule has 0 amide bonds. The Balaban J connectivity index is 1.70. The molecule has 4 aromatic rings.